The fraction of sp³-hybridized carbons (Fsp3) is 0.800. The minimum Gasteiger partial charge on any atom is -0.347 e. The van der Waals surface area contributed by atoms with Crippen molar-refractivity contribution >= 4 is 11.8 Å². The molecule has 1 aliphatic carbocycles. The minimum atomic E-state index is -0.508. The van der Waals surface area contributed by atoms with E-state index >= 15 is 0 Å². The van der Waals surface area contributed by atoms with Crippen molar-refractivity contribution < 1.29 is 9.59 Å². The van der Waals surface area contributed by atoms with Gasteiger partial charge in [-0.25, -0.2) is 0 Å². The Morgan fingerprint density at radius 2 is 1.81 bits per heavy atom. The summed E-state index contributed by atoms with van der Waals surface area (Å²) in [5, 5.41) is 14.5. The summed E-state index contributed by atoms with van der Waals surface area (Å²) >= 11 is 0. The molecule has 2 heterocycles. The van der Waals surface area contributed by atoms with Gasteiger partial charge in [0.15, 0.2) is 5.82 Å². The van der Waals surface area contributed by atoms with Gasteiger partial charge in [-0.05, 0) is 31.6 Å². The van der Waals surface area contributed by atoms with Gasteiger partial charge in [0.2, 0.25) is 11.8 Å². The zero-order valence-corrected chi connectivity index (χ0v) is 16.7. The van der Waals surface area contributed by atoms with Gasteiger partial charge in [-0.2, -0.15) is 0 Å². The van der Waals surface area contributed by atoms with Crippen molar-refractivity contribution in [1.82, 2.24) is 25.4 Å². The lowest BCUT2D eigenvalue weighted by Gasteiger charge is -2.26. The van der Waals surface area contributed by atoms with Crippen LogP contribution in [0.4, 0.5) is 0 Å². The standard InChI is InChI=1S/C20H33N5O2/c1-14(2)18(22-19(26)15-9-5-3-6-10-15)20(27)21-13-17-24-23-16-11-7-4-8-12-25(16)17/h14-15,18H,3-13H2,1-2H3,(H,21,27)(H,22,26). The number of amides is 2. The number of aryl methyl sites for hydroxylation is 1. The van der Waals surface area contributed by atoms with Crippen molar-refractivity contribution in [2.24, 2.45) is 11.8 Å². The highest BCUT2D eigenvalue weighted by Crippen LogP contribution is 2.24. The molecule has 1 saturated carbocycles. The van der Waals surface area contributed by atoms with Crippen molar-refractivity contribution in [3.63, 3.8) is 0 Å². The Hall–Kier alpha value is -1.92. The zero-order chi connectivity index (χ0) is 19.2. The third kappa shape index (κ3) is 5.08. The molecule has 0 bridgehead atoms. The van der Waals surface area contributed by atoms with Crippen molar-refractivity contribution in [3.05, 3.63) is 11.6 Å². The summed E-state index contributed by atoms with van der Waals surface area (Å²) in [6.07, 6.45) is 9.72. The largest absolute Gasteiger partial charge is 0.347 e. The Morgan fingerprint density at radius 3 is 2.56 bits per heavy atom. The van der Waals surface area contributed by atoms with Crippen LogP contribution < -0.4 is 10.6 Å². The fourth-order valence-electron chi connectivity index (χ4n) is 4.12. The van der Waals surface area contributed by atoms with Crippen molar-refractivity contribution in [2.75, 3.05) is 0 Å². The van der Waals surface area contributed by atoms with Crippen LogP contribution in [0.5, 0.6) is 0 Å². The lowest BCUT2D eigenvalue weighted by atomic mass is 9.88. The summed E-state index contributed by atoms with van der Waals surface area (Å²) < 4.78 is 2.14. The first-order chi connectivity index (χ1) is 13.1. The predicted molar refractivity (Wildman–Crippen MR) is 103 cm³/mol. The first kappa shape index (κ1) is 19.8. The van der Waals surface area contributed by atoms with Crippen LogP contribution in [0.3, 0.4) is 0 Å². The van der Waals surface area contributed by atoms with E-state index in [1.165, 1.54) is 12.8 Å². The van der Waals surface area contributed by atoms with E-state index < -0.39 is 6.04 Å². The number of fused-ring (bicyclic) bond motifs is 1. The van der Waals surface area contributed by atoms with E-state index in [2.05, 4.69) is 25.4 Å². The molecule has 0 radical (unpaired) electrons. The molecule has 1 aromatic heterocycles. The summed E-state index contributed by atoms with van der Waals surface area (Å²) in [6.45, 7) is 5.21. The second-order valence-electron chi connectivity index (χ2n) is 8.28. The molecule has 1 unspecified atom stereocenters. The molecular formula is C20H33N5O2. The molecule has 7 nitrogen and oxygen atoms in total. The van der Waals surface area contributed by atoms with Gasteiger partial charge in [0, 0.05) is 18.9 Å². The maximum Gasteiger partial charge on any atom is 0.243 e. The van der Waals surface area contributed by atoms with Gasteiger partial charge < -0.3 is 15.2 Å². The number of carbonyl (C=O) groups is 2. The molecule has 1 fully saturated rings. The van der Waals surface area contributed by atoms with Gasteiger partial charge in [0.1, 0.15) is 11.9 Å². The first-order valence-electron chi connectivity index (χ1n) is 10.6. The topological polar surface area (TPSA) is 88.9 Å². The Bertz CT molecular complexity index is 649. The van der Waals surface area contributed by atoms with E-state index in [-0.39, 0.29) is 23.7 Å². The van der Waals surface area contributed by atoms with Crippen LogP contribution in [0.2, 0.25) is 0 Å². The molecule has 2 aliphatic rings. The molecule has 0 aromatic carbocycles. The molecule has 1 aromatic rings. The molecule has 27 heavy (non-hydrogen) atoms. The van der Waals surface area contributed by atoms with E-state index in [9.17, 15) is 9.59 Å². The monoisotopic (exact) mass is 375 g/mol. The van der Waals surface area contributed by atoms with Gasteiger partial charge in [-0.1, -0.05) is 39.5 Å². The Labute approximate surface area is 161 Å². The van der Waals surface area contributed by atoms with Crippen molar-refractivity contribution in [3.8, 4) is 0 Å². The Kier molecular flexibility index (Phi) is 6.85. The third-order valence-electron chi connectivity index (χ3n) is 5.83. The second-order valence-corrected chi connectivity index (χ2v) is 8.28. The molecule has 0 spiro atoms. The SMILES string of the molecule is CC(C)C(NC(=O)C1CCCCC1)C(=O)NCc1nnc2n1CCCCC2. The van der Waals surface area contributed by atoms with Crippen LogP contribution in [-0.4, -0.2) is 32.6 Å². The van der Waals surface area contributed by atoms with Gasteiger partial charge >= 0.3 is 0 Å². The average Bonchev–Trinajstić information content (AvgIpc) is 2.90. The number of aromatic nitrogens is 3. The summed E-state index contributed by atoms with van der Waals surface area (Å²) in [5.74, 6) is 1.80. The fourth-order valence-corrected chi connectivity index (χ4v) is 4.12. The summed E-state index contributed by atoms with van der Waals surface area (Å²) in [4.78, 5) is 25.3. The molecule has 3 rings (SSSR count). The molecule has 2 amide bonds. The number of hydrogen-bond acceptors (Lipinski definition) is 4. The molecule has 1 aliphatic heterocycles. The Morgan fingerprint density at radius 1 is 1.07 bits per heavy atom. The average molecular weight is 376 g/mol. The van der Waals surface area contributed by atoms with Crippen LogP contribution in [0.25, 0.3) is 0 Å². The normalized spacial score (nSPS) is 19.2. The smallest absolute Gasteiger partial charge is 0.243 e. The van der Waals surface area contributed by atoms with Gasteiger partial charge in [-0.15, -0.1) is 10.2 Å². The summed E-state index contributed by atoms with van der Waals surface area (Å²) in [5.41, 5.74) is 0. The van der Waals surface area contributed by atoms with Gasteiger partial charge in [-0.3, -0.25) is 9.59 Å². The first-order valence-corrected chi connectivity index (χ1v) is 10.6. The van der Waals surface area contributed by atoms with Crippen LogP contribution in [0.15, 0.2) is 0 Å². The lowest BCUT2D eigenvalue weighted by Crippen LogP contribution is -2.51. The summed E-state index contributed by atoms with van der Waals surface area (Å²) in [6, 6.07) is -0.508. The van der Waals surface area contributed by atoms with E-state index in [0.717, 1.165) is 63.1 Å². The van der Waals surface area contributed by atoms with Crippen LogP contribution in [0.1, 0.15) is 76.9 Å². The van der Waals surface area contributed by atoms with Gasteiger partial charge in [0.25, 0.3) is 0 Å². The van der Waals surface area contributed by atoms with Crippen molar-refractivity contribution in [2.45, 2.75) is 90.8 Å². The van der Waals surface area contributed by atoms with Crippen LogP contribution >= 0.6 is 0 Å². The highest BCUT2D eigenvalue weighted by Gasteiger charge is 2.28. The van der Waals surface area contributed by atoms with Crippen LogP contribution in [0, 0.1) is 11.8 Å². The highest BCUT2D eigenvalue weighted by molar-refractivity contribution is 5.88. The van der Waals surface area contributed by atoms with E-state index in [0.29, 0.717) is 6.54 Å². The predicted octanol–water partition coefficient (Wildman–Crippen LogP) is 2.34. The van der Waals surface area contributed by atoms with E-state index in [4.69, 9.17) is 0 Å². The quantitative estimate of drug-likeness (QED) is 0.799. The summed E-state index contributed by atoms with van der Waals surface area (Å²) in [7, 11) is 0. The molecule has 2 N–H and O–H groups in total. The van der Waals surface area contributed by atoms with E-state index in [1.54, 1.807) is 0 Å². The highest BCUT2D eigenvalue weighted by atomic mass is 16.2. The molecule has 150 valence electrons. The van der Waals surface area contributed by atoms with Crippen molar-refractivity contribution in [1.29, 1.82) is 0 Å². The number of nitrogens with one attached hydrogen (secondary N) is 2. The number of nitrogens with zero attached hydrogens (tertiary/aromatic N) is 3. The maximum absolute atomic E-state index is 12.8. The second kappa shape index (κ2) is 9.33. The van der Waals surface area contributed by atoms with Gasteiger partial charge in [0.05, 0.1) is 6.54 Å². The molecule has 1 atom stereocenters. The minimum absolute atomic E-state index is 0.0277. The maximum atomic E-state index is 12.8. The molecule has 0 saturated heterocycles. The number of carbonyl (C=O) groups excluding carboxylic acids is 2. The molecule has 7 heteroatoms. The number of rotatable bonds is 6. The number of hydrogen-bond donors (Lipinski definition) is 2. The molecular weight excluding hydrogens is 342 g/mol. The lowest BCUT2D eigenvalue weighted by molar-refractivity contribution is -0.132. The van der Waals surface area contributed by atoms with E-state index in [1.807, 2.05) is 13.8 Å². The third-order valence-corrected chi connectivity index (χ3v) is 5.83. The Balaban J connectivity index is 1.57. The zero-order valence-electron chi connectivity index (χ0n) is 16.7. The van der Waals surface area contributed by atoms with Crippen LogP contribution in [-0.2, 0) is 29.1 Å².